The molecular formula is C38H41IrN2O2-. The largest absolute Gasteiger partial charge is 0.512 e. The van der Waals surface area contributed by atoms with E-state index < -0.39 is 0 Å². The van der Waals surface area contributed by atoms with E-state index in [2.05, 4.69) is 82.2 Å². The van der Waals surface area contributed by atoms with Gasteiger partial charge in [-0.25, -0.2) is 0 Å². The van der Waals surface area contributed by atoms with Crippen LogP contribution in [0.4, 0.5) is 0 Å². The van der Waals surface area contributed by atoms with Crippen molar-refractivity contribution in [2.24, 2.45) is 10.8 Å². The van der Waals surface area contributed by atoms with Gasteiger partial charge >= 0.3 is 0 Å². The molecule has 2 aromatic heterocycles. The molecule has 2 heterocycles. The first-order valence-corrected chi connectivity index (χ1v) is 15.2. The number of aromatic nitrogens is 2. The van der Waals surface area contributed by atoms with Crippen LogP contribution in [0.25, 0.3) is 48.9 Å². The number of hydrogen-bond donors (Lipinski definition) is 1. The molecule has 5 heteroatoms. The molecule has 0 bridgehead atoms. The molecule has 0 saturated heterocycles. The standard InChI is InChI=1S/C23H13N2.C15H28O2.Ir/c1-2-7-17-13-21-19(11-15(17)5-1)20-12-16-6-3-4-8-18(16)14-22(20)25-10-9-24-23(21)25;1-7-14(5,8-2)12(16)11-13(17)15(6,9-3)10-4;/h1-12,14H;11,16H,7-10H2,1-6H3;/q-1;;/b;12-11-;. The fourth-order valence-corrected chi connectivity index (χ4v) is 5.56. The van der Waals surface area contributed by atoms with Crippen LogP contribution in [-0.4, -0.2) is 20.3 Å². The summed E-state index contributed by atoms with van der Waals surface area (Å²) in [6, 6.07) is 27.3. The fraction of sp³-hybridized carbons (Fsp3) is 0.316. The number of aliphatic hydroxyl groups excluding tert-OH is 1. The van der Waals surface area contributed by atoms with Gasteiger partial charge in [0.1, 0.15) is 5.76 Å². The molecule has 0 spiro atoms. The third-order valence-electron chi connectivity index (χ3n) is 9.67. The van der Waals surface area contributed by atoms with Crippen LogP contribution >= 0.6 is 0 Å². The molecule has 0 unspecified atom stereocenters. The van der Waals surface area contributed by atoms with Crippen molar-refractivity contribution in [3.63, 3.8) is 0 Å². The molecule has 0 amide bonds. The van der Waals surface area contributed by atoms with Crippen LogP contribution in [0, 0.1) is 16.9 Å². The van der Waals surface area contributed by atoms with Crippen molar-refractivity contribution in [3.05, 3.63) is 97.0 Å². The number of imidazole rings is 1. The van der Waals surface area contributed by atoms with Crippen molar-refractivity contribution in [2.45, 2.75) is 67.2 Å². The van der Waals surface area contributed by atoms with Gasteiger partial charge < -0.3 is 9.51 Å². The van der Waals surface area contributed by atoms with Gasteiger partial charge in [0.2, 0.25) is 0 Å². The van der Waals surface area contributed by atoms with Crippen LogP contribution in [0.1, 0.15) is 67.2 Å². The van der Waals surface area contributed by atoms with E-state index in [-0.39, 0.29) is 42.5 Å². The van der Waals surface area contributed by atoms with Crippen molar-refractivity contribution < 1.29 is 30.0 Å². The Morgan fingerprint density at radius 2 is 1.40 bits per heavy atom. The molecule has 1 radical (unpaired) electrons. The Bertz CT molecular complexity index is 1830. The van der Waals surface area contributed by atoms with E-state index in [1.165, 1.54) is 38.5 Å². The minimum atomic E-state index is -0.337. The maximum absolute atomic E-state index is 12.2. The zero-order valence-corrected chi connectivity index (χ0v) is 28.4. The minimum Gasteiger partial charge on any atom is -0.512 e. The van der Waals surface area contributed by atoms with E-state index in [1.807, 2.05) is 53.9 Å². The Kier molecular flexibility index (Phi) is 9.79. The van der Waals surface area contributed by atoms with E-state index in [0.717, 1.165) is 42.1 Å². The van der Waals surface area contributed by atoms with Crippen molar-refractivity contribution in [1.29, 1.82) is 0 Å². The molecule has 43 heavy (non-hydrogen) atoms. The molecule has 225 valence electrons. The molecule has 0 saturated carbocycles. The molecule has 4 nitrogen and oxygen atoms in total. The second-order valence-corrected chi connectivity index (χ2v) is 11.9. The monoisotopic (exact) mass is 750 g/mol. The summed E-state index contributed by atoms with van der Waals surface area (Å²) in [5, 5.41) is 18.5. The predicted octanol–water partition coefficient (Wildman–Crippen LogP) is 10.4. The van der Waals surface area contributed by atoms with Gasteiger partial charge in [-0.15, -0.1) is 23.6 Å². The number of nitrogens with zero attached hydrogens (tertiary/aromatic N) is 2. The van der Waals surface area contributed by atoms with Gasteiger partial charge in [0.15, 0.2) is 5.78 Å². The second kappa shape index (κ2) is 13.0. The van der Waals surface area contributed by atoms with Crippen molar-refractivity contribution in [3.8, 4) is 0 Å². The van der Waals surface area contributed by atoms with E-state index in [0.29, 0.717) is 0 Å². The second-order valence-electron chi connectivity index (χ2n) is 11.9. The van der Waals surface area contributed by atoms with Crippen LogP contribution in [0.2, 0.25) is 0 Å². The van der Waals surface area contributed by atoms with Gasteiger partial charge in [-0.05, 0) is 47.9 Å². The molecule has 4 aromatic carbocycles. The van der Waals surface area contributed by atoms with E-state index in [4.69, 9.17) is 0 Å². The van der Waals surface area contributed by atoms with Crippen LogP contribution < -0.4 is 0 Å². The molecule has 0 aliphatic heterocycles. The quantitative estimate of drug-likeness (QED) is 0.0581. The number of allylic oxidation sites excluding steroid dienone is 2. The fourth-order valence-electron chi connectivity index (χ4n) is 5.56. The van der Waals surface area contributed by atoms with Gasteiger partial charge in [0, 0.05) is 54.9 Å². The number of carbonyl (C=O) groups is 1. The number of ketones is 1. The summed E-state index contributed by atoms with van der Waals surface area (Å²) in [4.78, 5) is 16.8. The summed E-state index contributed by atoms with van der Waals surface area (Å²) in [6.45, 7) is 12.1. The smallest absolute Gasteiger partial charge is 0.164 e. The summed E-state index contributed by atoms with van der Waals surface area (Å²) >= 11 is 0. The summed E-state index contributed by atoms with van der Waals surface area (Å²) in [5.74, 6) is 0.286. The number of aliphatic hydroxyl groups is 1. The number of rotatable bonds is 7. The topological polar surface area (TPSA) is 54.6 Å². The van der Waals surface area contributed by atoms with Gasteiger partial charge in [0.05, 0.1) is 5.65 Å². The average Bonchev–Trinajstić information content (AvgIpc) is 3.53. The van der Waals surface area contributed by atoms with E-state index >= 15 is 0 Å². The van der Waals surface area contributed by atoms with Gasteiger partial charge in [-0.2, -0.15) is 0 Å². The molecule has 0 fully saturated rings. The van der Waals surface area contributed by atoms with E-state index in [1.54, 1.807) is 0 Å². The Morgan fingerprint density at radius 1 is 0.837 bits per heavy atom. The summed E-state index contributed by atoms with van der Waals surface area (Å²) in [6.07, 6.45) is 8.66. The first-order valence-electron chi connectivity index (χ1n) is 15.2. The summed E-state index contributed by atoms with van der Waals surface area (Å²) in [5.41, 5.74) is 1.54. The zero-order chi connectivity index (χ0) is 30.1. The van der Waals surface area contributed by atoms with Crippen LogP contribution in [0.5, 0.6) is 0 Å². The van der Waals surface area contributed by atoms with E-state index in [9.17, 15) is 9.90 Å². The number of fused-ring (bicyclic) bond motifs is 8. The van der Waals surface area contributed by atoms with Crippen molar-refractivity contribution >= 4 is 54.7 Å². The Hall–Kier alpha value is -3.53. The first kappa shape index (κ1) is 32.4. The zero-order valence-electron chi connectivity index (χ0n) is 26.0. The normalized spacial score (nSPS) is 12.5. The van der Waals surface area contributed by atoms with Crippen molar-refractivity contribution in [1.82, 2.24) is 9.38 Å². The molecular weight excluding hydrogens is 709 g/mol. The molecule has 1 N–H and O–H groups in total. The van der Waals surface area contributed by atoms with Crippen LogP contribution in [0.3, 0.4) is 0 Å². The predicted molar refractivity (Wildman–Crippen MR) is 177 cm³/mol. The van der Waals surface area contributed by atoms with Gasteiger partial charge in [-0.3, -0.25) is 9.78 Å². The maximum Gasteiger partial charge on any atom is 0.164 e. The van der Waals surface area contributed by atoms with Gasteiger partial charge in [-0.1, -0.05) is 106 Å². The maximum atomic E-state index is 12.2. The number of pyridine rings is 1. The molecule has 0 atom stereocenters. The number of hydrogen-bond acceptors (Lipinski definition) is 3. The summed E-state index contributed by atoms with van der Waals surface area (Å²) < 4.78 is 2.18. The third kappa shape index (κ3) is 5.98. The van der Waals surface area contributed by atoms with Crippen LogP contribution in [-0.2, 0) is 24.9 Å². The Labute approximate surface area is 268 Å². The SMILES string of the molecule is CCC(C)(CC)C(=O)/C=C(\O)C(C)(CC)CC.[Ir].[c-]1c2ccccc2cc2c1c1nccn1c1cc3ccccc3cc21. The number of carbonyl (C=O) groups excluding carboxylic acids is 1. The number of benzene rings is 4. The molecule has 0 aliphatic rings. The Morgan fingerprint density at radius 3 is 2.02 bits per heavy atom. The average molecular weight is 750 g/mol. The first-order chi connectivity index (χ1) is 20.2. The molecule has 6 rings (SSSR count). The minimum absolute atomic E-state index is 0. The van der Waals surface area contributed by atoms with Gasteiger partial charge in [0.25, 0.3) is 0 Å². The van der Waals surface area contributed by atoms with Crippen molar-refractivity contribution in [2.75, 3.05) is 0 Å². The van der Waals surface area contributed by atoms with Crippen LogP contribution in [0.15, 0.2) is 91.0 Å². The molecule has 0 aliphatic carbocycles. The summed E-state index contributed by atoms with van der Waals surface area (Å²) in [7, 11) is 0. The molecule has 6 aromatic rings. The Balaban J connectivity index is 0.000000210. The third-order valence-corrected chi connectivity index (χ3v) is 9.67.